The summed E-state index contributed by atoms with van der Waals surface area (Å²) in [7, 11) is 0. The van der Waals surface area contributed by atoms with Gasteiger partial charge in [0.1, 0.15) is 5.78 Å². The van der Waals surface area contributed by atoms with E-state index in [1.165, 1.54) is 32.1 Å². The average molecular weight is 209 g/mol. The summed E-state index contributed by atoms with van der Waals surface area (Å²) in [5.74, 6) is 1.40. The van der Waals surface area contributed by atoms with Crippen LogP contribution in [0.2, 0.25) is 0 Å². The Labute approximate surface area is 92.8 Å². The number of ketones is 1. The van der Waals surface area contributed by atoms with Crippen molar-refractivity contribution in [2.24, 2.45) is 5.92 Å². The van der Waals surface area contributed by atoms with Crippen LogP contribution in [-0.2, 0) is 4.79 Å². The molecule has 1 saturated carbocycles. The van der Waals surface area contributed by atoms with E-state index in [9.17, 15) is 4.79 Å². The van der Waals surface area contributed by atoms with Crippen LogP contribution in [0.4, 0.5) is 0 Å². The molecule has 1 heterocycles. The van der Waals surface area contributed by atoms with Crippen molar-refractivity contribution in [1.29, 1.82) is 0 Å². The number of piperidine rings is 1. The highest BCUT2D eigenvalue weighted by Gasteiger charge is 2.22. The van der Waals surface area contributed by atoms with Gasteiger partial charge in [-0.2, -0.15) is 0 Å². The van der Waals surface area contributed by atoms with Gasteiger partial charge in [-0.1, -0.05) is 19.3 Å². The van der Waals surface area contributed by atoms with Crippen molar-refractivity contribution >= 4 is 5.78 Å². The van der Waals surface area contributed by atoms with E-state index in [-0.39, 0.29) is 0 Å². The molecule has 0 radical (unpaired) electrons. The summed E-state index contributed by atoms with van der Waals surface area (Å²) in [6.07, 6.45) is 10.6. The van der Waals surface area contributed by atoms with Crippen molar-refractivity contribution in [2.45, 2.75) is 63.8 Å². The molecule has 0 amide bonds. The minimum Gasteiger partial charge on any atom is -0.314 e. The summed E-state index contributed by atoms with van der Waals surface area (Å²) < 4.78 is 0. The molecule has 2 heteroatoms. The van der Waals surface area contributed by atoms with E-state index in [2.05, 4.69) is 5.32 Å². The number of carbonyl (C=O) groups is 1. The Morgan fingerprint density at radius 3 is 2.53 bits per heavy atom. The van der Waals surface area contributed by atoms with Crippen LogP contribution in [0.3, 0.4) is 0 Å². The van der Waals surface area contributed by atoms with Crippen LogP contribution in [0, 0.1) is 5.92 Å². The summed E-state index contributed by atoms with van der Waals surface area (Å²) >= 11 is 0. The fourth-order valence-corrected chi connectivity index (χ4v) is 2.40. The molecule has 1 aliphatic carbocycles. The Morgan fingerprint density at radius 2 is 1.87 bits per heavy atom. The maximum absolute atomic E-state index is 11.6. The zero-order valence-corrected chi connectivity index (χ0v) is 9.63. The fourth-order valence-electron chi connectivity index (χ4n) is 2.40. The minimum absolute atomic E-state index is 0.495. The van der Waals surface area contributed by atoms with Crippen LogP contribution >= 0.6 is 0 Å². The van der Waals surface area contributed by atoms with Gasteiger partial charge in [0, 0.05) is 18.9 Å². The first-order valence-corrected chi connectivity index (χ1v) is 6.59. The van der Waals surface area contributed by atoms with E-state index in [1.807, 2.05) is 0 Å². The van der Waals surface area contributed by atoms with Gasteiger partial charge in [0.15, 0.2) is 0 Å². The molecule has 2 fully saturated rings. The second-order valence-corrected chi connectivity index (χ2v) is 5.21. The molecule has 86 valence electrons. The molecule has 15 heavy (non-hydrogen) atoms. The van der Waals surface area contributed by atoms with Crippen LogP contribution < -0.4 is 5.32 Å². The van der Waals surface area contributed by atoms with Crippen molar-refractivity contribution in [3.05, 3.63) is 0 Å². The maximum atomic E-state index is 11.6. The summed E-state index contributed by atoms with van der Waals surface area (Å²) in [5.41, 5.74) is 0. The number of rotatable bonds is 6. The van der Waals surface area contributed by atoms with Crippen molar-refractivity contribution in [1.82, 2.24) is 5.32 Å². The number of hydrogen-bond acceptors (Lipinski definition) is 2. The third-order valence-corrected chi connectivity index (χ3v) is 3.71. The van der Waals surface area contributed by atoms with Gasteiger partial charge in [0.25, 0.3) is 0 Å². The van der Waals surface area contributed by atoms with Crippen LogP contribution in [0.25, 0.3) is 0 Å². The zero-order valence-electron chi connectivity index (χ0n) is 9.63. The topological polar surface area (TPSA) is 29.1 Å². The molecule has 2 aliphatic rings. The lowest BCUT2D eigenvalue weighted by molar-refractivity contribution is -0.119. The molecule has 0 aromatic rings. The molecule has 1 unspecified atom stereocenters. The first-order valence-electron chi connectivity index (χ1n) is 6.59. The first kappa shape index (κ1) is 11.1. The van der Waals surface area contributed by atoms with E-state index >= 15 is 0 Å². The summed E-state index contributed by atoms with van der Waals surface area (Å²) in [5, 5.41) is 3.50. The average Bonchev–Trinajstić information content (AvgIpc) is 3.09. The highest BCUT2D eigenvalue weighted by atomic mass is 16.1. The number of Topliss-reactive ketones (excluding diaryl/α,β-unsaturated/α-hetero) is 1. The predicted octanol–water partition coefficient (Wildman–Crippen LogP) is 2.67. The maximum Gasteiger partial charge on any atom is 0.132 e. The van der Waals surface area contributed by atoms with Gasteiger partial charge in [0.05, 0.1) is 0 Å². The Morgan fingerprint density at radius 1 is 1.07 bits per heavy atom. The van der Waals surface area contributed by atoms with Crippen molar-refractivity contribution in [3.63, 3.8) is 0 Å². The summed E-state index contributed by atoms with van der Waals surface area (Å²) in [6.45, 7) is 1.15. The third-order valence-electron chi connectivity index (χ3n) is 3.71. The monoisotopic (exact) mass is 209 g/mol. The van der Waals surface area contributed by atoms with Gasteiger partial charge in [-0.3, -0.25) is 4.79 Å². The molecule has 2 nitrogen and oxygen atoms in total. The normalized spacial score (nSPS) is 26.5. The van der Waals surface area contributed by atoms with Crippen LogP contribution in [0.1, 0.15) is 57.8 Å². The smallest absolute Gasteiger partial charge is 0.132 e. The highest BCUT2D eigenvalue weighted by Crippen LogP contribution is 2.33. The van der Waals surface area contributed by atoms with Crippen LogP contribution in [-0.4, -0.2) is 18.4 Å². The van der Waals surface area contributed by atoms with E-state index in [0.717, 1.165) is 38.1 Å². The predicted molar refractivity (Wildman–Crippen MR) is 61.8 cm³/mol. The second kappa shape index (κ2) is 5.64. The number of nitrogens with one attached hydrogen (secondary N) is 1. The molecular formula is C13H23NO. The van der Waals surface area contributed by atoms with E-state index < -0.39 is 0 Å². The summed E-state index contributed by atoms with van der Waals surface area (Å²) in [4.78, 5) is 11.6. The number of carbonyl (C=O) groups excluding carboxylic acids is 1. The Bertz CT molecular complexity index is 205. The van der Waals surface area contributed by atoms with Gasteiger partial charge in [-0.25, -0.2) is 0 Å². The van der Waals surface area contributed by atoms with Crippen molar-refractivity contribution in [2.75, 3.05) is 6.54 Å². The molecule has 1 N–H and O–H groups in total. The van der Waals surface area contributed by atoms with E-state index in [4.69, 9.17) is 0 Å². The molecular weight excluding hydrogens is 186 g/mol. The third kappa shape index (κ3) is 4.33. The van der Waals surface area contributed by atoms with Crippen LogP contribution in [0.15, 0.2) is 0 Å². The van der Waals surface area contributed by atoms with E-state index in [0.29, 0.717) is 11.8 Å². The first-order chi connectivity index (χ1) is 7.34. The van der Waals surface area contributed by atoms with Gasteiger partial charge in [-0.05, 0) is 38.1 Å². The molecule has 1 atom stereocenters. The highest BCUT2D eigenvalue weighted by molar-refractivity contribution is 5.78. The molecule has 0 aromatic heterocycles. The molecule has 0 bridgehead atoms. The summed E-state index contributed by atoms with van der Waals surface area (Å²) in [6, 6.07) is 0.628. The standard InChI is InChI=1S/C13H23NO/c15-13(8-6-11-4-5-11)9-7-12-3-1-2-10-14-12/h11-12,14H,1-10H2. The van der Waals surface area contributed by atoms with Gasteiger partial charge >= 0.3 is 0 Å². The zero-order chi connectivity index (χ0) is 10.5. The fraction of sp³-hybridized carbons (Fsp3) is 0.923. The lowest BCUT2D eigenvalue weighted by Crippen LogP contribution is -2.34. The quantitative estimate of drug-likeness (QED) is 0.728. The molecule has 0 aromatic carbocycles. The Hall–Kier alpha value is -0.370. The van der Waals surface area contributed by atoms with Gasteiger partial charge in [0.2, 0.25) is 0 Å². The van der Waals surface area contributed by atoms with E-state index in [1.54, 1.807) is 0 Å². The molecule has 1 aliphatic heterocycles. The Balaban J connectivity index is 1.53. The molecule has 1 saturated heterocycles. The molecule has 0 spiro atoms. The Kier molecular flexibility index (Phi) is 4.18. The lowest BCUT2D eigenvalue weighted by Gasteiger charge is -2.22. The second-order valence-electron chi connectivity index (χ2n) is 5.21. The number of hydrogen-bond donors (Lipinski definition) is 1. The minimum atomic E-state index is 0.495. The largest absolute Gasteiger partial charge is 0.314 e. The van der Waals surface area contributed by atoms with Crippen molar-refractivity contribution in [3.8, 4) is 0 Å². The SMILES string of the molecule is O=C(CCC1CC1)CCC1CCCCN1. The van der Waals surface area contributed by atoms with Crippen LogP contribution in [0.5, 0.6) is 0 Å². The lowest BCUT2D eigenvalue weighted by atomic mass is 9.98. The van der Waals surface area contributed by atoms with Gasteiger partial charge in [-0.15, -0.1) is 0 Å². The van der Waals surface area contributed by atoms with Crippen molar-refractivity contribution < 1.29 is 4.79 Å². The van der Waals surface area contributed by atoms with Gasteiger partial charge < -0.3 is 5.32 Å². The molecule has 2 rings (SSSR count).